The fourth-order valence-electron chi connectivity index (χ4n) is 5.35. The first kappa shape index (κ1) is 36.6. The second-order valence-electron chi connectivity index (χ2n) is 10.9. The molecule has 0 spiro atoms. The topological polar surface area (TPSA) is 168 Å². The van der Waals surface area contributed by atoms with Gasteiger partial charge in [0, 0.05) is 26.2 Å². The van der Waals surface area contributed by atoms with Crippen molar-refractivity contribution < 1.29 is 66.6 Å². The van der Waals surface area contributed by atoms with Gasteiger partial charge in [-0.2, -0.15) is 0 Å². The van der Waals surface area contributed by atoms with Crippen molar-refractivity contribution in [2.45, 2.75) is 25.3 Å². The molecule has 14 nitrogen and oxygen atoms in total. The Morgan fingerprint density at radius 3 is 2.14 bits per heavy atom. The van der Waals surface area contributed by atoms with Crippen LogP contribution in [0.5, 0.6) is 23.0 Å². The summed E-state index contributed by atoms with van der Waals surface area (Å²) >= 11 is 0. The van der Waals surface area contributed by atoms with Crippen LogP contribution in [0.3, 0.4) is 0 Å². The highest BCUT2D eigenvalue weighted by molar-refractivity contribution is 6.11. The maximum absolute atomic E-state index is 15.2. The fourth-order valence-corrected chi connectivity index (χ4v) is 5.35. The van der Waals surface area contributed by atoms with E-state index in [0.29, 0.717) is 25.0 Å². The van der Waals surface area contributed by atoms with Crippen LogP contribution in [0.1, 0.15) is 55.9 Å². The molecular weight excluding hydrogens is 647 g/mol. The van der Waals surface area contributed by atoms with E-state index >= 15 is 4.39 Å². The Morgan fingerprint density at radius 1 is 0.837 bits per heavy atom. The highest BCUT2D eigenvalue weighted by Gasteiger charge is 2.42. The second kappa shape index (κ2) is 16.7. The normalized spacial score (nSPS) is 17.3. The van der Waals surface area contributed by atoms with E-state index in [-0.39, 0.29) is 60.6 Å². The third kappa shape index (κ3) is 8.43. The number of carbonyl (C=O) groups excluding carboxylic acids is 4. The molecule has 0 aliphatic carbocycles. The predicted molar refractivity (Wildman–Crippen MR) is 167 cm³/mol. The van der Waals surface area contributed by atoms with E-state index in [1.165, 1.54) is 70.9 Å². The lowest BCUT2D eigenvalue weighted by Crippen LogP contribution is -2.63. The molecule has 4 rings (SSSR count). The number of ketones is 1. The number of carboxylic acid groups (broad SMARTS) is 1. The van der Waals surface area contributed by atoms with Crippen LogP contribution < -0.4 is 29.4 Å². The lowest BCUT2D eigenvalue weighted by molar-refractivity contribution is -1.04. The monoisotopic (exact) mass is 684 g/mol. The van der Waals surface area contributed by atoms with Crippen molar-refractivity contribution >= 4 is 23.8 Å². The van der Waals surface area contributed by atoms with Crippen LogP contribution in [0.4, 0.5) is 9.18 Å². The number of nitrogens with zero attached hydrogens (tertiary/aromatic N) is 1. The van der Waals surface area contributed by atoms with E-state index < -0.39 is 45.8 Å². The van der Waals surface area contributed by atoms with Crippen molar-refractivity contribution in [3.05, 3.63) is 82.7 Å². The molecule has 2 unspecified atom stereocenters. The molecule has 2 atom stereocenters. The minimum Gasteiger partial charge on any atom is -0.495 e. The van der Waals surface area contributed by atoms with E-state index in [0.717, 1.165) is 0 Å². The molecule has 1 saturated heterocycles. The average molecular weight is 685 g/mol. The van der Waals surface area contributed by atoms with E-state index in [9.17, 15) is 24.3 Å². The molecule has 0 bridgehead atoms. The number of para-hydroxylation sites is 1. The van der Waals surface area contributed by atoms with Crippen molar-refractivity contribution in [2.75, 3.05) is 55.1 Å². The maximum atomic E-state index is 15.2. The number of quaternary nitrogens is 1. The average Bonchev–Trinajstić information content (AvgIpc) is 3.31. The number of methoxy groups -OCH3 is 4. The number of likely N-dealkylation sites (tertiary alicyclic amines) is 1. The molecule has 262 valence electrons. The molecule has 49 heavy (non-hydrogen) atoms. The summed E-state index contributed by atoms with van der Waals surface area (Å²) in [5, 5.41) is 15.4. The zero-order chi connectivity index (χ0) is 35.6. The Labute approximate surface area is 281 Å². The number of nitrogens with one attached hydrogen (secondary N) is 1. The van der Waals surface area contributed by atoms with Gasteiger partial charge in [0.15, 0.2) is 42.4 Å². The van der Waals surface area contributed by atoms with Crippen LogP contribution in [0, 0.1) is 5.82 Å². The molecule has 1 N–H and O–H groups in total. The second-order valence-corrected chi connectivity index (χ2v) is 10.9. The van der Waals surface area contributed by atoms with E-state index in [1.807, 2.05) is 0 Å². The molecule has 1 fully saturated rings. The summed E-state index contributed by atoms with van der Waals surface area (Å²) in [6.07, 6.45) is -0.414. The zero-order valence-electron chi connectivity index (χ0n) is 27.4. The third-order valence-corrected chi connectivity index (χ3v) is 7.76. The molecule has 15 heteroatoms. The first-order valence-electron chi connectivity index (χ1n) is 15.1. The molecule has 0 saturated carbocycles. The molecular formula is C34H37FN2O12. The van der Waals surface area contributed by atoms with Crippen LogP contribution in [-0.2, 0) is 14.3 Å². The number of ether oxygens (including phenoxy) is 6. The summed E-state index contributed by atoms with van der Waals surface area (Å²) in [7, 11) is 5.46. The minimum atomic E-state index is -1.68. The third-order valence-electron chi connectivity index (χ3n) is 7.76. The highest BCUT2D eigenvalue weighted by Crippen LogP contribution is 2.33. The number of halogens is 1. The van der Waals surface area contributed by atoms with Gasteiger partial charge >= 0.3 is 12.1 Å². The first-order chi connectivity index (χ1) is 23.6. The zero-order valence-corrected chi connectivity index (χ0v) is 27.4. The first-order valence-corrected chi connectivity index (χ1v) is 15.1. The number of amides is 2. The summed E-state index contributed by atoms with van der Waals surface area (Å²) in [6.45, 7) is -0.835. The Bertz CT molecular complexity index is 1670. The van der Waals surface area contributed by atoms with Gasteiger partial charge in [0.2, 0.25) is 0 Å². The van der Waals surface area contributed by atoms with Gasteiger partial charge in [0.1, 0.15) is 24.4 Å². The molecule has 1 aliphatic heterocycles. The lowest BCUT2D eigenvalue weighted by atomic mass is 10.00. The summed E-state index contributed by atoms with van der Waals surface area (Å²) < 4.78 is 45.1. The molecule has 3 aromatic rings. The fraction of sp³-hybridized carbons (Fsp3) is 0.353. The largest absolute Gasteiger partial charge is 0.495 e. The molecule has 3 aromatic carbocycles. The number of benzene rings is 3. The van der Waals surface area contributed by atoms with Crippen molar-refractivity contribution in [2.24, 2.45) is 0 Å². The molecule has 1 aliphatic rings. The smallest absolute Gasteiger partial charge is 0.398 e. The van der Waals surface area contributed by atoms with Crippen LogP contribution in [0.2, 0.25) is 0 Å². The van der Waals surface area contributed by atoms with Crippen LogP contribution in [-0.4, -0.2) is 89.6 Å². The quantitative estimate of drug-likeness (QED) is 0.159. The van der Waals surface area contributed by atoms with E-state index in [4.69, 9.17) is 33.3 Å². The van der Waals surface area contributed by atoms with E-state index in [2.05, 4.69) is 5.32 Å². The van der Waals surface area contributed by atoms with Crippen LogP contribution in [0.25, 0.3) is 0 Å². The maximum Gasteiger partial charge on any atom is 0.398 e. The number of hydroxylamine groups is 3. The van der Waals surface area contributed by atoms with Crippen molar-refractivity contribution in [1.29, 1.82) is 0 Å². The highest BCUT2D eigenvalue weighted by atomic mass is 19.1. The van der Waals surface area contributed by atoms with Crippen LogP contribution in [0.15, 0.2) is 54.6 Å². The number of hydrogen-bond donors (Lipinski definition) is 1. The van der Waals surface area contributed by atoms with Crippen molar-refractivity contribution in [3.8, 4) is 23.0 Å². The van der Waals surface area contributed by atoms with Gasteiger partial charge in [-0.25, -0.2) is 9.18 Å². The standard InChI is InChI=1S/C34H37FN2O12/c1-43-19-47-25-15-16-26(45-3)29(35)28(25)30(38)21-11-13-22(14-12-21)33(40)49-37(34(41)42)17-6-5-8-23(18-37)36-32(39)24-9-7-10-27(46-4)31(24)48-20-44-2/h7,9-16,23H,5-6,8,17-20H2,1-4H3,(H-,36,39,41,42). The minimum absolute atomic E-state index is 0.00120. The number of carbonyl (C=O) groups is 4. The molecule has 2 amide bonds. The lowest BCUT2D eigenvalue weighted by Gasteiger charge is -2.34. The van der Waals surface area contributed by atoms with Gasteiger partial charge in [0.25, 0.3) is 5.91 Å². The van der Waals surface area contributed by atoms with Gasteiger partial charge in [0.05, 0.1) is 31.4 Å². The molecule has 0 aromatic heterocycles. The molecule has 0 radical (unpaired) electrons. The summed E-state index contributed by atoms with van der Waals surface area (Å²) in [5.41, 5.74) is -0.362. The summed E-state index contributed by atoms with van der Waals surface area (Å²) in [5.74, 6) is -3.13. The van der Waals surface area contributed by atoms with Gasteiger partial charge in [-0.15, -0.1) is 0 Å². The summed E-state index contributed by atoms with van der Waals surface area (Å²) in [4.78, 5) is 58.2. The van der Waals surface area contributed by atoms with Crippen molar-refractivity contribution in [3.63, 3.8) is 0 Å². The van der Waals surface area contributed by atoms with Crippen LogP contribution >= 0.6 is 0 Å². The number of rotatable bonds is 13. The van der Waals surface area contributed by atoms with Gasteiger partial charge < -0.3 is 43.6 Å². The number of hydrogen-bond acceptors (Lipinski definition) is 12. The van der Waals surface area contributed by atoms with E-state index in [1.54, 1.807) is 12.1 Å². The van der Waals surface area contributed by atoms with Gasteiger partial charge in [-0.05, 0) is 49.2 Å². The molecule has 1 heterocycles. The Balaban J connectivity index is 1.53. The Kier molecular flexibility index (Phi) is 12.5. The van der Waals surface area contributed by atoms with Gasteiger partial charge in [-0.3, -0.25) is 14.4 Å². The van der Waals surface area contributed by atoms with Gasteiger partial charge in [-0.1, -0.05) is 22.8 Å². The predicted octanol–water partition coefficient (Wildman–Crippen LogP) is 3.25. The summed E-state index contributed by atoms with van der Waals surface area (Å²) in [6, 6.07) is 11.7. The van der Waals surface area contributed by atoms with Crippen molar-refractivity contribution in [1.82, 2.24) is 5.32 Å². The Hall–Kier alpha value is -5.25. The Morgan fingerprint density at radius 2 is 1.49 bits per heavy atom. The SMILES string of the molecule is COCOc1ccc(OC)c(F)c1C(=O)c1ccc(C(=O)O[N+]2(C(=O)[O-])CCCCC(NC(=O)c3cccc(OC)c3OCOC)C2)cc1.